The number of rotatable bonds is 3. The molecule has 168 valence electrons. The minimum Gasteiger partial charge on any atom is -0.512 e. The number of ketones is 1. The van der Waals surface area contributed by atoms with Gasteiger partial charge in [-0.25, -0.2) is 0 Å². The summed E-state index contributed by atoms with van der Waals surface area (Å²) in [6.45, 7) is 4.07. The summed E-state index contributed by atoms with van der Waals surface area (Å²) in [6.07, 6.45) is -3.10. The maximum atomic E-state index is 13.4. The molecule has 0 aliphatic heterocycles. The number of aliphatic hydroxyl groups is 6. The van der Waals surface area contributed by atoms with Crippen molar-refractivity contribution in [3.05, 3.63) is 45.7 Å². The summed E-state index contributed by atoms with van der Waals surface area (Å²) in [7, 11) is 0. The lowest BCUT2D eigenvalue weighted by Gasteiger charge is -2.49. The molecule has 0 spiro atoms. The van der Waals surface area contributed by atoms with Gasteiger partial charge in [0.15, 0.2) is 17.7 Å². The minimum absolute atomic E-state index is 0.0879. The summed E-state index contributed by atoms with van der Waals surface area (Å²) in [5.41, 5.74) is -1.26. The number of hydrogen-bond donors (Lipinski definition) is 7. The second-order valence-electron chi connectivity index (χ2n) is 8.97. The van der Waals surface area contributed by atoms with E-state index in [2.05, 4.69) is 0 Å². The monoisotopic (exact) mass is 432 g/mol. The summed E-state index contributed by atoms with van der Waals surface area (Å²) in [5.74, 6) is -3.18. The van der Waals surface area contributed by atoms with E-state index in [9.17, 15) is 40.5 Å². The van der Waals surface area contributed by atoms with E-state index in [1.807, 2.05) is 19.9 Å². The first kappa shape index (κ1) is 21.8. The summed E-state index contributed by atoms with van der Waals surface area (Å²) in [4.78, 5) is 13.4. The molecule has 4 rings (SSSR count). The van der Waals surface area contributed by atoms with Crippen molar-refractivity contribution in [2.75, 3.05) is 0 Å². The zero-order valence-corrected chi connectivity index (χ0v) is 17.4. The molecule has 0 radical (unpaired) electrons. The van der Waals surface area contributed by atoms with Crippen LogP contribution in [0.5, 0.6) is 5.75 Å². The predicted octanol–water partition coefficient (Wildman–Crippen LogP) is 1.55. The molecule has 1 fully saturated rings. The van der Waals surface area contributed by atoms with Crippen LogP contribution in [0, 0.1) is 11.8 Å². The summed E-state index contributed by atoms with van der Waals surface area (Å²) in [5, 5.41) is 72.7. The lowest BCUT2D eigenvalue weighted by molar-refractivity contribution is -0.168. The molecular weight excluding hydrogens is 404 g/mol. The first-order valence-corrected chi connectivity index (χ1v) is 10.5. The molecule has 5 atom stereocenters. The highest BCUT2D eigenvalue weighted by atomic mass is 16.5. The fourth-order valence-electron chi connectivity index (χ4n) is 5.53. The molecule has 0 saturated heterocycles. The van der Waals surface area contributed by atoms with Crippen LogP contribution in [-0.2, 0) is 11.2 Å². The first-order chi connectivity index (χ1) is 14.5. The normalized spacial score (nSPS) is 31.5. The van der Waals surface area contributed by atoms with E-state index in [1.54, 1.807) is 0 Å². The number of carbonyl (C=O) groups is 1. The summed E-state index contributed by atoms with van der Waals surface area (Å²) >= 11 is 0. The molecule has 31 heavy (non-hydrogen) atoms. The third kappa shape index (κ3) is 2.93. The van der Waals surface area contributed by atoms with Crippen molar-refractivity contribution >= 4 is 11.5 Å². The van der Waals surface area contributed by atoms with E-state index >= 15 is 0 Å². The average molecular weight is 432 g/mol. The SMILES string of the molecule is CCC(C)c1ccc(O)c2c1CC1CC3CC(O)=C(C(O)O)C(O)C3(O)C(=O)C1=C2O. The number of carbonyl (C=O) groups excluding carboxylic acids is 1. The van der Waals surface area contributed by atoms with Crippen molar-refractivity contribution in [2.45, 2.75) is 63.4 Å². The molecule has 3 aliphatic rings. The standard InChI is InChI=1S/C23H28O8/c1-3-9(2)12-4-5-14(24)17-13(12)7-10-6-11-8-15(25)18(22(29)30)21(28)23(11,31)20(27)16(10)19(17)26/h4-5,9-11,21-22,24-26,28-31H,3,6-8H2,1-2H3. The quantitative estimate of drug-likeness (QED) is 0.354. The van der Waals surface area contributed by atoms with Crippen molar-refractivity contribution < 1.29 is 40.5 Å². The molecule has 8 heteroatoms. The number of aromatic hydroxyl groups is 1. The third-order valence-corrected chi connectivity index (χ3v) is 7.38. The lowest BCUT2D eigenvalue weighted by Crippen LogP contribution is -2.63. The van der Waals surface area contributed by atoms with Gasteiger partial charge in [0.1, 0.15) is 17.6 Å². The summed E-state index contributed by atoms with van der Waals surface area (Å²) < 4.78 is 0. The maximum Gasteiger partial charge on any atom is 0.197 e. The molecule has 1 aromatic carbocycles. The Morgan fingerprint density at radius 1 is 1.16 bits per heavy atom. The Hall–Kier alpha value is -2.39. The van der Waals surface area contributed by atoms with E-state index < -0.39 is 52.7 Å². The molecular formula is C23H28O8. The smallest absolute Gasteiger partial charge is 0.197 e. The highest BCUT2D eigenvalue weighted by Crippen LogP contribution is 2.53. The number of Topliss-reactive ketones (excluding diaryl/α,β-unsaturated/α-hetero) is 1. The molecule has 0 amide bonds. The second kappa shape index (κ2) is 7.34. The van der Waals surface area contributed by atoms with Gasteiger partial charge in [-0.1, -0.05) is 19.9 Å². The van der Waals surface area contributed by atoms with Gasteiger partial charge in [0, 0.05) is 17.9 Å². The highest BCUT2D eigenvalue weighted by molar-refractivity contribution is 6.09. The van der Waals surface area contributed by atoms with Crippen molar-refractivity contribution in [3.63, 3.8) is 0 Å². The number of aliphatic hydroxyl groups excluding tert-OH is 4. The molecule has 5 unspecified atom stereocenters. The largest absolute Gasteiger partial charge is 0.512 e. The van der Waals surface area contributed by atoms with Crippen molar-refractivity contribution in [3.8, 4) is 5.75 Å². The van der Waals surface area contributed by atoms with E-state index in [0.29, 0.717) is 6.42 Å². The van der Waals surface area contributed by atoms with Crippen molar-refractivity contribution in [1.82, 2.24) is 0 Å². The van der Waals surface area contributed by atoms with Gasteiger partial charge in [0.05, 0.1) is 16.9 Å². The van der Waals surface area contributed by atoms with Crippen molar-refractivity contribution in [2.24, 2.45) is 11.8 Å². The van der Waals surface area contributed by atoms with Gasteiger partial charge in [0.2, 0.25) is 0 Å². The number of allylic oxidation sites excluding steroid dienone is 1. The molecule has 0 heterocycles. The molecule has 1 saturated carbocycles. The third-order valence-electron chi connectivity index (χ3n) is 7.38. The lowest BCUT2D eigenvalue weighted by atomic mass is 9.58. The Morgan fingerprint density at radius 2 is 1.84 bits per heavy atom. The van der Waals surface area contributed by atoms with Crippen LogP contribution in [0.1, 0.15) is 55.7 Å². The second-order valence-corrected chi connectivity index (χ2v) is 8.97. The van der Waals surface area contributed by atoms with Gasteiger partial charge in [-0.3, -0.25) is 4.79 Å². The number of fused-ring (bicyclic) bond motifs is 3. The number of phenols is 1. The Balaban J connectivity index is 1.88. The molecule has 7 N–H and O–H groups in total. The van der Waals surface area contributed by atoms with Gasteiger partial charge >= 0.3 is 0 Å². The van der Waals surface area contributed by atoms with E-state index in [-0.39, 0.29) is 35.6 Å². The molecule has 8 nitrogen and oxygen atoms in total. The number of phenolic OH excluding ortho intramolecular Hbond substituents is 1. The van der Waals surface area contributed by atoms with Crippen LogP contribution in [0.3, 0.4) is 0 Å². The van der Waals surface area contributed by atoms with Crippen LogP contribution in [0.4, 0.5) is 0 Å². The highest BCUT2D eigenvalue weighted by Gasteiger charge is 2.61. The van der Waals surface area contributed by atoms with Crippen LogP contribution < -0.4 is 0 Å². The van der Waals surface area contributed by atoms with Gasteiger partial charge in [-0.15, -0.1) is 0 Å². The van der Waals surface area contributed by atoms with E-state index in [0.717, 1.165) is 17.5 Å². The van der Waals surface area contributed by atoms with Crippen LogP contribution in [0.2, 0.25) is 0 Å². The van der Waals surface area contributed by atoms with Crippen LogP contribution in [0.25, 0.3) is 5.76 Å². The van der Waals surface area contributed by atoms with Gasteiger partial charge in [-0.05, 0) is 48.3 Å². The van der Waals surface area contributed by atoms with Gasteiger partial charge < -0.3 is 35.7 Å². The number of hydrogen-bond acceptors (Lipinski definition) is 8. The van der Waals surface area contributed by atoms with Gasteiger partial charge in [-0.2, -0.15) is 0 Å². The summed E-state index contributed by atoms with van der Waals surface area (Å²) in [6, 6.07) is 3.29. The van der Waals surface area contributed by atoms with Crippen LogP contribution in [0.15, 0.2) is 29.0 Å². The Morgan fingerprint density at radius 3 is 2.45 bits per heavy atom. The minimum atomic E-state index is -2.42. The van der Waals surface area contributed by atoms with Crippen molar-refractivity contribution in [1.29, 1.82) is 0 Å². The van der Waals surface area contributed by atoms with E-state index in [1.165, 1.54) is 6.07 Å². The topological polar surface area (TPSA) is 159 Å². The number of benzene rings is 1. The fourth-order valence-corrected chi connectivity index (χ4v) is 5.53. The molecule has 0 bridgehead atoms. The van der Waals surface area contributed by atoms with Crippen LogP contribution >= 0.6 is 0 Å². The molecule has 0 aromatic heterocycles. The zero-order valence-electron chi connectivity index (χ0n) is 17.4. The predicted molar refractivity (Wildman–Crippen MR) is 110 cm³/mol. The van der Waals surface area contributed by atoms with E-state index in [4.69, 9.17) is 0 Å². The van der Waals surface area contributed by atoms with Crippen LogP contribution in [-0.4, -0.2) is 59.5 Å². The Labute approximate surface area is 179 Å². The Bertz CT molecular complexity index is 1010. The fraction of sp³-hybridized carbons (Fsp3) is 0.522. The average Bonchev–Trinajstić information content (AvgIpc) is 2.70. The molecule has 3 aliphatic carbocycles. The molecule has 1 aromatic rings. The Kier molecular flexibility index (Phi) is 5.17. The first-order valence-electron chi connectivity index (χ1n) is 10.5. The maximum absolute atomic E-state index is 13.4. The zero-order chi connectivity index (χ0) is 22.8. The van der Waals surface area contributed by atoms with Gasteiger partial charge in [0.25, 0.3) is 0 Å².